The normalized spacial score (nSPS) is 14.2. The minimum absolute atomic E-state index is 0.316. The molecular formula is C12H20O3. The summed E-state index contributed by atoms with van der Waals surface area (Å²) in [5.74, 6) is -1.31. The molecule has 3 nitrogen and oxygen atoms in total. The van der Waals surface area contributed by atoms with Crippen LogP contribution in [0.4, 0.5) is 0 Å². The minimum Gasteiger partial charge on any atom is -0.481 e. The Morgan fingerprint density at radius 1 is 1.20 bits per heavy atom. The number of rotatable bonds is 9. The van der Waals surface area contributed by atoms with Crippen molar-refractivity contribution in [2.24, 2.45) is 5.92 Å². The van der Waals surface area contributed by atoms with Crippen molar-refractivity contribution in [1.29, 1.82) is 0 Å². The van der Waals surface area contributed by atoms with Crippen LogP contribution in [0, 0.1) is 5.92 Å². The number of hydrogen-bond acceptors (Lipinski definition) is 2. The van der Waals surface area contributed by atoms with Crippen molar-refractivity contribution in [3.05, 3.63) is 25.3 Å². The van der Waals surface area contributed by atoms with Gasteiger partial charge < -0.3 is 10.2 Å². The predicted molar refractivity (Wildman–Crippen MR) is 60.6 cm³/mol. The second-order valence-electron chi connectivity index (χ2n) is 3.66. The average Bonchev–Trinajstić information content (AvgIpc) is 2.20. The highest BCUT2D eigenvalue weighted by Gasteiger charge is 2.20. The first-order chi connectivity index (χ1) is 7.11. The third kappa shape index (κ3) is 6.91. The fourth-order valence-corrected chi connectivity index (χ4v) is 1.42. The van der Waals surface area contributed by atoms with Gasteiger partial charge in [0.2, 0.25) is 0 Å². The molecule has 0 spiro atoms. The molecule has 0 saturated carbocycles. The van der Waals surface area contributed by atoms with Crippen molar-refractivity contribution in [3.63, 3.8) is 0 Å². The molecule has 0 bridgehead atoms. The quantitative estimate of drug-likeness (QED) is 0.577. The summed E-state index contributed by atoms with van der Waals surface area (Å²) in [6.07, 6.45) is 5.71. The summed E-state index contributed by atoms with van der Waals surface area (Å²) in [5.41, 5.74) is 0. The van der Waals surface area contributed by atoms with Crippen molar-refractivity contribution in [1.82, 2.24) is 0 Å². The van der Waals surface area contributed by atoms with Crippen LogP contribution in [0.15, 0.2) is 25.3 Å². The lowest BCUT2D eigenvalue weighted by atomic mass is 9.94. The summed E-state index contributed by atoms with van der Waals surface area (Å²) in [6.45, 7) is 7.11. The first kappa shape index (κ1) is 13.9. The van der Waals surface area contributed by atoms with E-state index in [4.69, 9.17) is 5.11 Å². The van der Waals surface area contributed by atoms with Crippen molar-refractivity contribution < 1.29 is 15.0 Å². The molecule has 86 valence electrons. The van der Waals surface area contributed by atoms with E-state index in [9.17, 15) is 9.90 Å². The fraction of sp³-hybridized carbons (Fsp3) is 0.583. The number of carbonyl (C=O) groups is 1. The van der Waals surface area contributed by atoms with E-state index < -0.39 is 18.0 Å². The summed E-state index contributed by atoms with van der Waals surface area (Å²) in [7, 11) is 0. The van der Waals surface area contributed by atoms with Gasteiger partial charge in [-0.25, -0.2) is 0 Å². The van der Waals surface area contributed by atoms with Crippen LogP contribution in [0.3, 0.4) is 0 Å². The third-order valence-electron chi connectivity index (χ3n) is 2.33. The van der Waals surface area contributed by atoms with Crippen molar-refractivity contribution in [3.8, 4) is 0 Å². The zero-order valence-corrected chi connectivity index (χ0v) is 9.06. The molecule has 0 aliphatic carbocycles. The summed E-state index contributed by atoms with van der Waals surface area (Å²) in [6, 6.07) is 0. The SMILES string of the molecule is C=CCC[C@@H](O)C[C@@H](CCC=C)C(=O)O. The number of allylic oxidation sites excluding steroid dienone is 2. The Labute approximate surface area is 91.1 Å². The fourth-order valence-electron chi connectivity index (χ4n) is 1.42. The Morgan fingerprint density at radius 3 is 2.20 bits per heavy atom. The molecule has 2 atom stereocenters. The molecule has 3 heteroatoms. The van der Waals surface area contributed by atoms with E-state index in [1.54, 1.807) is 12.2 Å². The smallest absolute Gasteiger partial charge is 0.306 e. The van der Waals surface area contributed by atoms with Gasteiger partial charge in [0.1, 0.15) is 0 Å². The maximum absolute atomic E-state index is 10.8. The largest absolute Gasteiger partial charge is 0.481 e. The molecule has 0 rings (SSSR count). The standard InChI is InChI=1S/C12H20O3/c1-3-5-7-10(12(14)15)9-11(13)8-6-4-2/h3-4,10-11,13H,1-2,5-9H2,(H,14,15)/t10-,11-/m1/s1. The van der Waals surface area contributed by atoms with Crippen LogP contribution in [0.5, 0.6) is 0 Å². The molecule has 0 aliphatic rings. The molecule has 0 amide bonds. The van der Waals surface area contributed by atoms with E-state index in [0.29, 0.717) is 25.7 Å². The second kappa shape index (κ2) is 8.24. The topological polar surface area (TPSA) is 57.5 Å². The molecule has 0 saturated heterocycles. The highest BCUT2D eigenvalue weighted by Crippen LogP contribution is 2.17. The summed E-state index contributed by atoms with van der Waals surface area (Å²) in [4.78, 5) is 10.8. The van der Waals surface area contributed by atoms with Gasteiger partial charge in [-0.1, -0.05) is 12.2 Å². The lowest BCUT2D eigenvalue weighted by Crippen LogP contribution is -2.20. The van der Waals surface area contributed by atoms with Gasteiger partial charge in [0.15, 0.2) is 0 Å². The van der Waals surface area contributed by atoms with Gasteiger partial charge in [-0.3, -0.25) is 4.79 Å². The molecule has 0 unspecified atom stereocenters. The first-order valence-corrected chi connectivity index (χ1v) is 5.24. The number of hydrogen-bond donors (Lipinski definition) is 2. The molecule has 0 aromatic carbocycles. The second-order valence-corrected chi connectivity index (χ2v) is 3.66. The first-order valence-electron chi connectivity index (χ1n) is 5.24. The van der Waals surface area contributed by atoms with Crippen LogP contribution in [-0.2, 0) is 4.79 Å². The van der Waals surface area contributed by atoms with Gasteiger partial charge in [-0.15, -0.1) is 13.2 Å². The van der Waals surface area contributed by atoms with Crippen LogP contribution >= 0.6 is 0 Å². The summed E-state index contributed by atoms with van der Waals surface area (Å²) < 4.78 is 0. The van der Waals surface area contributed by atoms with Crippen LogP contribution in [-0.4, -0.2) is 22.3 Å². The number of aliphatic hydroxyl groups excluding tert-OH is 1. The number of carboxylic acids is 1. The molecule has 0 radical (unpaired) electrons. The van der Waals surface area contributed by atoms with Crippen molar-refractivity contribution in [2.75, 3.05) is 0 Å². The van der Waals surface area contributed by atoms with E-state index in [-0.39, 0.29) is 0 Å². The number of aliphatic hydroxyl groups is 1. The number of aliphatic carboxylic acids is 1. The molecule has 2 N–H and O–H groups in total. The monoisotopic (exact) mass is 212 g/mol. The zero-order chi connectivity index (χ0) is 11.7. The molecule has 15 heavy (non-hydrogen) atoms. The molecule has 0 fully saturated rings. The highest BCUT2D eigenvalue weighted by atomic mass is 16.4. The van der Waals surface area contributed by atoms with E-state index in [2.05, 4.69) is 13.2 Å². The Hall–Kier alpha value is -1.09. The molecule has 0 aromatic heterocycles. The Balaban J connectivity index is 3.97. The zero-order valence-electron chi connectivity index (χ0n) is 9.06. The van der Waals surface area contributed by atoms with Gasteiger partial charge in [0.05, 0.1) is 12.0 Å². The molecule has 0 aliphatic heterocycles. The van der Waals surface area contributed by atoms with Gasteiger partial charge >= 0.3 is 5.97 Å². The van der Waals surface area contributed by atoms with Gasteiger partial charge in [0.25, 0.3) is 0 Å². The summed E-state index contributed by atoms with van der Waals surface area (Å²) >= 11 is 0. The average molecular weight is 212 g/mol. The van der Waals surface area contributed by atoms with Crippen LogP contribution in [0.25, 0.3) is 0 Å². The maximum atomic E-state index is 10.8. The van der Waals surface area contributed by atoms with Crippen molar-refractivity contribution >= 4 is 5.97 Å². The lowest BCUT2D eigenvalue weighted by Gasteiger charge is -2.15. The van der Waals surface area contributed by atoms with Crippen molar-refractivity contribution in [2.45, 2.75) is 38.2 Å². The third-order valence-corrected chi connectivity index (χ3v) is 2.33. The van der Waals surface area contributed by atoms with E-state index >= 15 is 0 Å². The number of carboxylic acid groups (broad SMARTS) is 1. The highest BCUT2D eigenvalue weighted by molar-refractivity contribution is 5.69. The Bertz CT molecular complexity index is 211. The molecule has 0 heterocycles. The lowest BCUT2D eigenvalue weighted by molar-refractivity contribution is -0.143. The van der Waals surface area contributed by atoms with Gasteiger partial charge in [-0.05, 0) is 32.1 Å². The Morgan fingerprint density at radius 2 is 1.73 bits per heavy atom. The van der Waals surface area contributed by atoms with E-state index in [0.717, 1.165) is 6.42 Å². The van der Waals surface area contributed by atoms with Gasteiger partial charge in [0, 0.05) is 0 Å². The Kier molecular flexibility index (Phi) is 7.64. The van der Waals surface area contributed by atoms with E-state index in [1.165, 1.54) is 0 Å². The minimum atomic E-state index is -0.838. The van der Waals surface area contributed by atoms with E-state index in [1.807, 2.05) is 0 Å². The van der Waals surface area contributed by atoms with Crippen LogP contribution in [0.1, 0.15) is 32.1 Å². The maximum Gasteiger partial charge on any atom is 0.306 e. The molecule has 0 aromatic rings. The van der Waals surface area contributed by atoms with Crippen LogP contribution in [0.2, 0.25) is 0 Å². The summed E-state index contributed by atoms with van der Waals surface area (Å²) in [5, 5.41) is 18.5. The van der Waals surface area contributed by atoms with Crippen LogP contribution < -0.4 is 0 Å². The van der Waals surface area contributed by atoms with Gasteiger partial charge in [-0.2, -0.15) is 0 Å². The predicted octanol–water partition coefficient (Wildman–Crippen LogP) is 2.37. The molecular weight excluding hydrogens is 192 g/mol.